The van der Waals surface area contributed by atoms with Crippen molar-refractivity contribution in [3.63, 3.8) is 0 Å². The smallest absolute Gasteiger partial charge is 0.218 e. The van der Waals surface area contributed by atoms with Gasteiger partial charge in [0.1, 0.15) is 11.9 Å². The summed E-state index contributed by atoms with van der Waals surface area (Å²) in [4.78, 5) is 4.10. The Labute approximate surface area is 114 Å². The zero-order valence-electron chi connectivity index (χ0n) is 11.8. The first kappa shape index (κ1) is 14.3. The minimum atomic E-state index is -0.305. The molecule has 3 nitrogen and oxygen atoms in total. The van der Waals surface area contributed by atoms with Gasteiger partial charge < -0.3 is 10.1 Å². The Morgan fingerprint density at radius 1 is 1.42 bits per heavy atom. The van der Waals surface area contributed by atoms with Crippen LogP contribution < -0.4 is 10.1 Å². The molecule has 0 aromatic carbocycles. The molecule has 1 aliphatic carbocycles. The fraction of sp³-hybridized carbons (Fsp3) is 0.667. The van der Waals surface area contributed by atoms with E-state index in [-0.39, 0.29) is 11.9 Å². The number of pyridine rings is 1. The Morgan fingerprint density at radius 3 is 2.84 bits per heavy atom. The lowest BCUT2D eigenvalue weighted by molar-refractivity contribution is 0.198. The molecule has 1 aliphatic rings. The van der Waals surface area contributed by atoms with E-state index in [9.17, 15) is 4.39 Å². The molecule has 1 heterocycles. The SMILES string of the molecule is CC(C)CNCc1cc(F)cnc1OC1CCCC1. The quantitative estimate of drug-likeness (QED) is 0.858. The Kier molecular flexibility index (Phi) is 5.14. The highest BCUT2D eigenvalue weighted by Gasteiger charge is 2.19. The molecule has 0 unspecified atom stereocenters. The Balaban J connectivity index is 1.99. The fourth-order valence-corrected chi connectivity index (χ4v) is 2.36. The average molecular weight is 266 g/mol. The largest absolute Gasteiger partial charge is 0.474 e. The van der Waals surface area contributed by atoms with Gasteiger partial charge in [0.25, 0.3) is 0 Å². The fourth-order valence-electron chi connectivity index (χ4n) is 2.36. The van der Waals surface area contributed by atoms with Gasteiger partial charge in [-0.1, -0.05) is 13.8 Å². The lowest BCUT2D eigenvalue weighted by atomic mass is 10.2. The summed E-state index contributed by atoms with van der Waals surface area (Å²) in [6.45, 7) is 5.80. The van der Waals surface area contributed by atoms with Crippen molar-refractivity contribution in [2.75, 3.05) is 6.54 Å². The van der Waals surface area contributed by atoms with Crippen LogP contribution in [0.25, 0.3) is 0 Å². The molecule has 0 spiro atoms. The van der Waals surface area contributed by atoms with Crippen LogP contribution in [0.4, 0.5) is 4.39 Å². The molecule has 2 rings (SSSR count). The van der Waals surface area contributed by atoms with Gasteiger partial charge in [-0.15, -0.1) is 0 Å². The highest BCUT2D eigenvalue weighted by atomic mass is 19.1. The standard InChI is InChI=1S/C15H23FN2O/c1-11(2)8-17-9-12-7-13(16)10-18-15(12)19-14-5-3-4-6-14/h7,10-11,14,17H,3-6,8-9H2,1-2H3. The van der Waals surface area contributed by atoms with Crippen molar-refractivity contribution < 1.29 is 9.13 Å². The molecule has 4 heteroatoms. The van der Waals surface area contributed by atoms with Gasteiger partial charge in [0.2, 0.25) is 5.88 Å². The van der Waals surface area contributed by atoms with Crippen LogP contribution in [0.3, 0.4) is 0 Å². The number of hydrogen-bond donors (Lipinski definition) is 1. The molecule has 0 radical (unpaired) electrons. The third-order valence-electron chi connectivity index (χ3n) is 3.34. The van der Waals surface area contributed by atoms with E-state index in [0.717, 1.165) is 24.9 Å². The number of rotatable bonds is 6. The second-order valence-corrected chi connectivity index (χ2v) is 5.67. The summed E-state index contributed by atoms with van der Waals surface area (Å²) in [7, 11) is 0. The topological polar surface area (TPSA) is 34.2 Å². The maximum Gasteiger partial charge on any atom is 0.218 e. The number of ether oxygens (including phenoxy) is 1. The molecule has 0 aliphatic heterocycles. The summed E-state index contributed by atoms with van der Waals surface area (Å²) in [5, 5.41) is 3.31. The van der Waals surface area contributed by atoms with Gasteiger partial charge in [-0.3, -0.25) is 0 Å². The van der Waals surface area contributed by atoms with Gasteiger partial charge in [-0.2, -0.15) is 0 Å². The molecule has 0 bridgehead atoms. The van der Waals surface area contributed by atoms with Crippen molar-refractivity contribution in [3.8, 4) is 5.88 Å². The van der Waals surface area contributed by atoms with Crippen LogP contribution in [0.5, 0.6) is 5.88 Å². The molecule has 1 aromatic rings. The monoisotopic (exact) mass is 266 g/mol. The van der Waals surface area contributed by atoms with Gasteiger partial charge >= 0.3 is 0 Å². The minimum absolute atomic E-state index is 0.252. The van der Waals surface area contributed by atoms with Gasteiger partial charge in [-0.25, -0.2) is 9.37 Å². The van der Waals surface area contributed by atoms with E-state index in [1.54, 1.807) is 0 Å². The molecular formula is C15H23FN2O. The summed E-state index contributed by atoms with van der Waals surface area (Å²) >= 11 is 0. The molecule has 1 saturated carbocycles. The van der Waals surface area contributed by atoms with Crippen LogP contribution in [-0.4, -0.2) is 17.6 Å². The third-order valence-corrected chi connectivity index (χ3v) is 3.34. The Morgan fingerprint density at radius 2 is 2.16 bits per heavy atom. The van der Waals surface area contributed by atoms with Crippen LogP contribution in [0, 0.1) is 11.7 Å². The van der Waals surface area contributed by atoms with E-state index in [4.69, 9.17) is 4.74 Å². The van der Waals surface area contributed by atoms with E-state index in [1.165, 1.54) is 25.1 Å². The van der Waals surface area contributed by atoms with Crippen molar-refractivity contribution in [3.05, 3.63) is 23.6 Å². The van der Waals surface area contributed by atoms with Gasteiger partial charge in [0.15, 0.2) is 0 Å². The van der Waals surface area contributed by atoms with E-state index in [0.29, 0.717) is 18.3 Å². The summed E-state index contributed by atoms with van der Waals surface area (Å²) in [6, 6.07) is 1.52. The first-order valence-corrected chi connectivity index (χ1v) is 7.17. The Bertz CT molecular complexity index is 403. The van der Waals surface area contributed by atoms with Crippen LogP contribution in [0.1, 0.15) is 45.1 Å². The van der Waals surface area contributed by atoms with Gasteiger partial charge in [0, 0.05) is 12.1 Å². The number of hydrogen-bond acceptors (Lipinski definition) is 3. The zero-order chi connectivity index (χ0) is 13.7. The zero-order valence-corrected chi connectivity index (χ0v) is 11.8. The maximum absolute atomic E-state index is 13.3. The lowest BCUT2D eigenvalue weighted by Crippen LogP contribution is -2.21. The van der Waals surface area contributed by atoms with E-state index in [2.05, 4.69) is 24.1 Å². The lowest BCUT2D eigenvalue weighted by Gasteiger charge is -2.16. The number of nitrogens with zero attached hydrogens (tertiary/aromatic N) is 1. The van der Waals surface area contributed by atoms with Crippen molar-refractivity contribution in [1.82, 2.24) is 10.3 Å². The second-order valence-electron chi connectivity index (χ2n) is 5.67. The minimum Gasteiger partial charge on any atom is -0.474 e. The predicted molar refractivity (Wildman–Crippen MR) is 73.6 cm³/mol. The maximum atomic E-state index is 13.3. The molecule has 0 amide bonds. The molecule has 1 aromatic heterocycles. The highest BCUT2D eigenvalue weighted by molar-refractivity contribution is 5.26. The van der Waals surface area contributed by atoms with Crippen LogP contribution in [0.2, 0.25) is 0 Å². The van der Waals surface area contributed by atoms with Crippen LogP contribution in [-0.2, 0) is 6.54 Å². The average Bonchev–Trinajstić information content (AvgIpc) is 2.85. The molecule has 1 N–H and O–H groups in total. The van der Waals surface area contributed by atoms with Crippen molar-refractivity contribution >= 4 is 0 Å². The van der Waals surface area contributed by atoms with Gasteiger partial charge in [0.05, 0.1) is 6.20 Å². The first-order valence-electron chi connectivity index (χ1n) is 7.17. The molecule has 106 valence electrons. The van der Waals surface area contributed by atoms with E-state index in [1.807, 2.05) is 0 Å². The van der Waals surface area contributed by atoms with Crippen LogP contribution >= 0.6 is 0 Å². The van der Waals surface area contributed by atoms with Crippen LogP contribution in [0.15, 0.2) is 12.3 Å². The summed E-state index contributed by atoms with van der Waals surface area (Å²) in [5.41, 5.74) is 0.813. The summed E-state index contributed by atoms with van der Waals surface area (Å²) in [5.74, 6) is 0.852. The molecule has 1 fully saturated rings. The third kappa shape index (κ3) is 4.46. The number of nitrogens with one attached hydrogen (secondary N) is 1. The normalized spacial score (nSPS) is 16.2. The second kappa shape index (κ2) is 6.85. The first-order chi connectivity index (χ1) is 9.15. The summed E-state index contributed by atoms with van der Waals surface area (Å²) in [6.07, 6.45) is 6.08. The molecule has 19 heavy (non-hydrogen) atoms. The molecular weight excluding hydrogens is 243 g/mol. The van der Waals surface area contributed by atoms with Crippen molar-refractivity contribution in [1.29, 1.82) is 0 Å². The van der Waals surface area contributed by atoms with E-state index >= 15 is 0 Å². The van der Waals surface area contributed by atoms with Crippen molar-refractivity contribution in [2.24, 2.45) is 5.92 Å². The highest BCUT2D eigenvalue weighted by Crippen LogP contribution is 2.25. The number of halogens is 1. The van der Waals surface area contributed by atoms with Crippen molar-refractivity contribution in [2.45, 2.75) is 52.2 Å². The van der Waals surface area contributed by atoms with Gasteiger partial charge in [-0.05, 0) is 44.2 Å². The molecule has 0 saturated heterocycles. The molecule has 0 atom stereocenters. The number of aromatic nitrogens is 1. The van der Waals surface area contributed by atoms with E-state index < -0.39 is 0 Å². The Hall–Kier alpha value is -1.16. The summed E-state index contributed by atoms with van der Waals surface area (Å²) < 4.78 is 19.2. The predicted octanol–water partition coefficient (Wildman–Crippen LogP) is 3.29.